The maximum atomic E-state index is 12.3. The Balaban J connectivity index is 1.68. The van der Waals surface area contributed by atoms with Gasteiger partial charge in [-0.05, 0) is 37.5 Å². The fourth-order valence-electron chi connectivity index (χ4n) is 2.92. The Morgan fingerprint density at radius 2 is 1.77 bits per heavy atom. The van der Waals surface area contributed by atoms with E-state index in [1.54, 1.807) is 0 Å². The number of aryl methyl sites for hydroxylation is 2. The first-order valence-corrected chi connectivity index (χ1v) is 9.03. The number of halogens is 1. The van der Waals surface area contributed by atoms with Gasteiger partial charge in [-0.3, -0.25) is 9.48 Å². The molecule has 26 heavy (non-hydrogen) atoms. The lowest BCUT2D eigenvalue weighted by atomic mass is 10.1. The van der Waals surface area contributed by atoms with Gasteiger partial charge in [0, 0.05) is 11.4 Å². The number of hydrogen-bond acceptors (Lipinski definition) is 2. The van der Waals surface area contributed by atoms with Crippen molar-refractivity contribution in [1.29, 1.82) is 0 Å². The highest BCUT2D eigenvalue weighted by Crippen LogP contribution is 2.23. The van der Waals surface area contributed by atoms with Crippen LogP contribution in [0.3, 0.4) is 0 Å². The van der Waals surface area contributed by atoms with Gasteiger partial charge in [0.05, 0.1) is 23.6 Å². The zero-order chi connectivity index (χ0) is 18.5. The van der Waals surface area contributed by atoms with Crippen LogP contribution in [0, 0.1) is 13.8 Å². The number of hydrogen-bond donors (Lipinski definition) is 1. The molecule has 0 aliphatic rings. The van der Waals surface area contributed by atoms with Crippen molar-refractivity contribution in [1.82, 2.24) is 9.78 Å². The van der Waals surface area contributed by atoms with Gasteiger partial charge in [-0.15, -0.1) is 0 Å². The van der Waals surface area contributed by atoms with E-state index in [0.29, 0.717) is 18.0 Å². The maximum Gasteiger partial charge on any atom is 0.224 e. The molecule has 0 atom stereocenters. The van der Waals surface area contributed by atoms with Crippen LogP contribution in [0.25, 0.3) is 0 Å². The van der Waals surface area contributed by atoms with Crippen LogP contribution in [0.1, 0.15) is 28.9 Å². The topological polar surface area (TPSA) is 46.9 Å². The third-order valence-electron chi connectivity index (χ3n) is 4.41. The van der Waals surface area contributed by atoms with Gasteiger partial charge in [0.2, 0.25) is 5.91 Å². The lowest BCUT2D eigenvalue weighted by Crippen LogP contribution is -2.14. The van der Waals surface area contributed by atoms with Crippen LogP contribution in [0.2, 0.25) is 5.02 Å². The predicted octanol–water partition coefficient (Wildman–Crippen LogP) is 4.77. The Labute approximate surface area is 158 Å². The minimum atomic E-state index is -0.00246. The molecule has 1 aromatic heterocycles. The van der Waals surface area contributed by atoms with Gasteiger partial charge in [0.25, 0.3) is 0 Å². The smallest absolute Gasteiger partial charge is 0.224 e. The zero-order valence-electron chi connectivity index (χ0n) is 15.0. The summed E-state index contributed by atoms with van der Waals surface area (Å²) in [5.41, 5.74) is 4.68. The van der Waals surface area contributed by atoms with E-state index in [4.69, 9.17) is 11.6 Å². The van der Waals surface area contributed by atoms with Crippen LogP contribution in [0.15, 0.2) is 54.6 Å². The highest BCUT2D eigenvalue weighted by Gasteiger charge is 2.15. The lowest BCUT2D eigenvalue weighted by Gasteiger charge is -2.08. The van der Waals surface area contributed by atoms with Gasteiger partial charge in [-0.1, -0.05) is 60.1 Å². The quantitative estimate of drug-likeness (QED) is 0.682. The standard InChI is InChI=1S/C21H22ClN3O/c1-15-21(23-20(26)13-12-17-8-4-3-5-9-17)16(2)25(24-15)14-18-10-6-7-11-19(18)22/h3-11H,12-14H2,1-2H3,(H,23,26). The van der Waals surface area contributed by atoms with Crippen LogP contribution in [0.5, 0.6) is 0 Å². The van der Waals surface area contributed by atoms with Gasteiger partial charge in [-0.2, -0.15) is 5.10 Å². The first-order chi connectivity index (χ1) is 12.5. The Bertz CT molecular complexity index is 903. The molecular formula is C21H22ClN3O. The Hall–Kier alpha value is -2.59. The average molecular weight is 368 g/mol. The number of nitrogens with one attached hydrogen (secondary N) is 1. The first kappa shape index (κ1) is 18.2. The molecule has 0 saturated carbocycles. The monoisotopic (exact) mass is 367 g/mol. The van der Waals surface area contributed by atoms with Crippen molar-refractivity contribution in [3.63, 3.8) is 0 Å². The average Bonchev–Trinajstić information content (AvgIpc) is 2.90. The number of amides is 1. The van der Waals surface area contributed by atoms with Gasteiger partial charge < -0.3 is 5.32 Å². The highest BCUT2D eigenvalue weighted by molar-refractivity contribution is 6.31. The minimum Gasteiger partial charge on any atom is -0.323 e. The summed E-state index contributed by atoms with van der Waals surface area (Å²) in [5, 5.41) is 8.29. The molecule has 3 aromatic rings. The number of nitrogens with zero attached hydrogens (tertiary/aromatic N) is 2. The van der Waals surface area contributed by atoms with Crippen molar-refractivity contribution in [2.45, 2.75) is 33.2 Å². The summed E-state index contributed by atoms with van der Waals surface area (Å²) in [4.78, 5) is 12.3. The van der Waals surface area contributed by atoms with Gasteiger partial charge in [0.15, 0.2) is 0 Å². The molecule has 4 nitrogen and oxygen atoms in total. The largest absolute Gasteiger partial charge is 0.323 e. The third kappa shape index (κ3) is 4.33. The van der Waals surface area contributed by atoms with Crippen LogP contribution in [-0.2, 0) is 17.8 Å². The molecular weight excluding hydrogens is 346 g/mol. The molecule has 5 heteroatoms. The number of carbonyl (C=O) groups excluding carboxylic acids is 1. The van der Waals surface area contributed by atoms with E-state index in [1.165, 1.54) is 0 Å². The number of benzene rings is 2. The number of aromatic nitrogens is 2. The van der Waals surface area contributed by atoms with Gasteiger partial charge in [0.1, 0.15) is 0 Å². The first-order valence-electron chi connectivity index (χ1n) is 8.66. The van der Waals surface area contributed by atoms with Crippen LogP contribution < -0.4 is 5.32 Å². The van der Waals surface area contributed by atoms with E-state index >= 15 is 0 Å². The van der Waals surface area contributed by atoms with Gasteiger partial charge >= 0.3 is 0 Å². The summed E-state index contributed by atoms with van der Waals surface area (Å²) in [5.74, 6) is -0.00246. The SMILES string of the molecule is Cc1nn(Cc2ccccc2Cl)c(C)c1NC(=O)CCc1ccccc1. The fraction of sp³-hybridized carbons (Fsp3) is 0.238. The van der Waals surface area contributed by atoms with Gasteiger partial charge in [-0.25, -0.2) is 0 Å². The van der Waals surface area contributed by atoms with Crippen molar-refractivity contribution in [3.8, 4) is 0 Å². The Kier molecular flexibility index (Phi) is 5.74. The predicted molar refractivity (Wildman–Crippen MR) is 106 cm³/mol. The molecule has 0 bridgehead atoms. The molecule has 0 aliphatic heterocycles. The fourth-order valence-corrected chi connectivity index (χ4v) is 3.12. The zero-order valence-corrected chi connectivity index (χ0v) is 15.8. The van der Waals surface area contributed by atoms with Crippen molar-refractivity contribution in [2.75, 3.05) is 5.32 Å². The van der Waals surface area contributed by atoms with E-state index in [1.807, 2.05) is 73.1 Å². The molecule has 1 amide bonds. The second-order valence-electron chi connectivity index (χ2n) is 6.33. The Morgan fingerprint density at radius 3 is 2.50 bits per heavy atom. The molecule has 1 heterocycles. The van der Waals surface area contributed by atoms with E-state index in [-0.39, 0.29) is 5.91 Å². The number of anilines is 1. The van der Waals surface area contributed by atoms with E-state index in [0.717, 1.165) is 34.6 Å². The Morgan fingerprint density at radius 1 is 1.08 bits per heavy atom. The van der Waals surface area contributed by atoms with Crippen LogP contribution in [0.4, 0.5) is 5.69 Å². The normalized spacial score (nSPS) is 10.7. The number of carbonyl (C=O) groups is 1. The van der Waals surface area contributed by atoms with Crippen molar-refractivity contribution < 1.29 is 4.79 Å². The van der Waals surface area contributed by atoms with Crippen molar-refractivity contribution in [3.05, 3.63) is 82.1 Å². The molecule has 1 N–H and O–H groups in total. The summed E-state index contributed by atoms with van der Waals surface area (Å²) in [6.07, 6.45) is 1.16. The summed E-state index contributed by atoms with van der Waals surface area (Å²) in [6.45, 7) is 4.44. The van der Waals surface area contributed by atoms with Crippen LogP contribution >= 0.6 is 11.6 Å². The summed E-state index contributed by atoms with van der Waals surface area (Å²) in [7, 11) is 0. The van der Waals surface area contributed by atoms with E-state index < -0.39 is 0 Å². The van der Waals surface area contributed by atoms with Crippen LogP contribution in [-0.4, -0.2) is 15.7 Å². The molecule has 0 aliphatic carbocycles. The molecule has 0 radical (unpaired) electrons. The molecule has 3 rings (SSSR count). The molecule has 0 fully saturated rings. The summed E-state index contributed by atoms with van der Waals surface area (Å²) >= 11 is 6.25. The molecule has 0 spiro atoms. The lowest BCUT2D eigenvalue weighted by molar-refractivity contribution is -0.116. The summed E-state index contributed by atoms with van der Waals surface area (Å²) in [6, 6.07) is 17.7. The highest BCUT2D eigenvalue weighted by atomic mass is 35.5. The molecule has 0 saturated heterocycles. The maximum absolute atomic E-state index is 12.3. The molecule has 2 aromatic carbocycles. The van der Waals surface area contributed by atoms with E-state index in [2.05, 4.69) is 10.4 Å². The second-order valence-corrected chi connectivity index (χ2v) is 6.74. The second kappa shape index (κ2) is 8.19. The molecule has 0 unspecified atom stereocenters. The third-order valence-corrected chi connectivity index (χ3v) is 4.78. The number of rotatable bonds is 6. The molecule has 134 valence electrons. The van der Waals surface area contributed by atoms with Crippen molar-refractivity contribution >= 4 is 23.2 Å². The minimum absolute atomic E-state index is 0.00246. The van der Waals surface area contributed by atoms with Crippen molar-refractivity contribution in [2.24, 2.45) is 0 Å². The van der Waals surface area contributed by atoms with E-state index in [9.17, 15) is 4.79 Å². The summed E-state index contributed by atoms with van der Waals surface area (Å²) < 4.78 is 1.88.